The summed E-state index contributed by atoms with van der Waals surface area (Å²) in [6.45, 7) is 3.30. The van der Waals surface area contributed by atoms with Crippen molar-refractivity contribution in [3.8, 4) is 0 Å². The third-order valence-corrected chi connectivity index (χ3v) is 6.16. The first-order valence-electron chi connectivity index (χ1n) is 10.1. The van der Waals surface area contributed by atoms with Crippen LogP contribution in [0.25, 0.3) is 22.1 Å². The molecule has 5 rings (SSSR count). The van der Waals surface area contributed by atoms with Gasteiger partial charge in [-0.15, -0.1) is 0 Å². The average molecular weight is 380 g/mol. The second-order valence-electron chi connectivity index (χ2n) is 7.81. The summed E-state index contributed by atoms with van der Waals surface area (Å²) in [4.78, 5) is 34.3. The molecule has 0 atom stereocenters. The highest BCUT2D eigenvalue weighted by Crippen LogP contribution is 2.25. The predicted octanol–water partition coefficient (Wildman–Crippen LogP) is 2.23. The molecule has 0 spiro atoms. The monoisotopic (exact) mass is 380 g/mol. The minimum Gasteiger partial charge on any atom is -0.448 e. The van der Waals surface area contributed by atoms with Crippen LogP contribution in [0.3, 0.4) is 0 Å². The van der Waals surface area contributed by atoms with E-state index in [0.717, 1.165) is 31.6 Å². The van der Waals surface area contributed by atoms with Gasteiger partial charge >= 0.3 is 0 Å². The molecule has 7 nitrogen and oxygen atoms in total. The van der Waals surface area contributed by atoms with Crippen molar-refractivity contribution in [3.05, 3.63) is 40.9 Å². The number of aromatic nitrogens is 2. The summed E-state index contributed by atoms with van der Waals surface area (Å²) in [5, 5.41) is 0.816. The van der Waals surface area contributed by atoms with Gasteiger partial charge in [0.2, 0.25) is 11.5 Å². The number of para-hydroxylation sites is 1. The van der Waals surface area contributed by atoms with Crippen LogP contribution in [0.4, 0.5) is 0 Å². The van der Waals surface area contributed by atoms with Gasteiger partial charge in [0.15, 0.2) is 0 Å². The maximum Gasteiger partial charge on any atom is 0.297 e. The molecule has 0 unspecified atom stereocenters. The fourth-order valence-corrected chi connectivity index (χ4v) is 4.58. The standard InChI is InChI=1S/C21H24N4O3/c26-18(24-11-9-23(10-12-24)15-5-1-2-6-15)13-25-14-22-19-16-7-3-4-8-17(16)28-20(19)21(25)27/h3-4,7-8,14-15H,1-2,5-6,9-13H2. The molecule has 2 aliphatic rings. The van der Waals surface area contributed by atoms with Gasteiger partial charge < -0.3 is 9.32 Å². The van der Waals surface area contributed by atoms with Crippen LogP contribution in [0.2, 0.25) is 0 Å². The third-order valence-electron chi connectivity index (χ3n) is 6.16. The zero-order valence-electron chi connectivity index (χ0n) is 15.8. The van der Waals surface area contributed by atoms with Crippen molar-refractivity contribution in [1.82, 2.24) is 19.4 Å². The third kappa shape index (κ3) is 2.99. The van der Waals surface area contributed by atoms with Gasteiger partial charge in [0.05, 0.1) is 6.33 Å². The number of rotatable bonds is 3. The Kier molecular flexibility index (Phi) is 4.39. The van der Waals surface area contributed by atoms with Crippen LogP contribution in [0.1, 0.15) is 25.7 Å². The number of amides is 1. The van der Waals surface area contributed by atoms with Crippen LogP contribution in [0, 0.1) is 0 Å². The van der Waals surface area contributed by atoms with Gasteiger partial charge in [-0.05, 0) is 25.0 Å². The molecule has 7 heteroatoms. The number of benzene rings is 1. The van der Waals surface area contributed by atoms with Crippen molar-refractivity contribution in [1.29, 1.82) is 0 Å². The van der Waals surface area contributed by atoms with E-state index in [2.05, 4.69) is 9.88 Å². The first-order chi connectivity index (χ1) is 13.7. The van der Waals surface area contributed by atoms with Crippen LogP contribution in [-0.4, -0.2) is 57.5 Å². The van der Waals surface area contributed by atoms with Gasteiger partial charge in [-0.3, -0.25) is 19.1 Å². The first kappa shape index (κ1) is 17.4. The molecule has 1 saturated carbocycles. The Hall–Kier alpha value is -2.67. The predicted molar refractivity (Wildman–Crippen MR) is 106 cm³/mol. The Labute approximate surface area is 162 Å². The molecular weight excluding hydrogens is 356 g/mol. The van der Waals surface area contributed by atoms with Crippen LogP contribution in [0.5, 0.6) is 0 Å². The van der Waals surface area contributed by atoms with Gasteiger partial charge in [-0.2, -0.15) is 0 Å². The molecule has 0 radical (unpaired) electrons. The molecule has 2 fully saturated rings. The lowest BCUT2D eigenvalue weighted by Crippen LogP contribution is -2.52. The summed E-state index contributed by atoms with van der Waals surface area (Å²) >= 11 is 0. The highest BCUT2D eigenvalue weighted by molar-refractivity contribution is 6.01. The summed E-state index contributed by atoms with van der Waals surface area (Å²) in [6, 6.07) is 8.14. The number of nitrogens with zero attached hydrogens (tertiary/aromatic N) is 4. The summed E-state index contributed by atoms with van der Waals surface area (Å²) in [7, 11) is 0. The van der Waals surface area contributed by atoms with Gasteiger partial charge in [-0.1, -0.05) is 25.0 Å². The fraction of sp³-hybridized carbons (Fsp3) is 0.476. The molecule has 28 heavy (non-hydrogen) atoms. The lowest BCUT2D eigenvalue weighted by atomic mass is 10.2. The van der Waals surface area contributed by atoms with E-state index >= 15 is 0 Å². The van der Waals surface area contributed by atoms with E-state index < -0.39 is 0 Å². The lowest BCUT2D eigenvalue weighted by Gasteiger charge is -2.38. The highest BCUT2D eigenvalue weighted by Gasteiger charge is 2.28. The number of hydrogen-bond donors (Lipinski definition) is 0. The molecule has 2 aromatic heterocycles. The number of carbonyl (C=O) groups is 1. The van der Waals surface area contributed by atoms with Gasteiger partial charge in [0.25, 0.3) is 5.56 Å². The minimum atomic E-state index is -0.306. The molecule has 1 aliphatic carbocycles. The average Bonchev–Trinajstić information content (AvgIpc) is 3.38. The van der Waals surface area contributed by atoms with Gasteiger partial charge in [0, 0.05) is 37.6 Å². The number of piperazine rings is 1. The SMILES string of the molecule is O=C(Cn1cnc2c(oc3ccccc32)c1=O)N1CCN(C2CCCC2)CC1. The number of carbonyl (C=O) groups excluding carboxylic acids is 1. The maximum atomic E-state index is 12.8. The van der Waals surface area contributed by atoms with Crippen LogP contribution >= 0.6 is 0 Å². The summed E-state index contributed by atoms with van der Waals surface area (Å²) in [5.74, 6) is -0.0366. The van der Waals surface area contributed by atoms with Crippen molar-refractivity contribution in [2.45, 2.75) is 38.3 Å². The minimum absolute atomic E-state index is 0.00223. The molecule has 3 aromatic rings. The van der Waals surface area contributed by atoms with Crippen molar-refractivity contribution in [2.75, 3.05) is 26.2 Å². The van der Waals surface area contributed by atoms with E-state index in [1.807, 2.05) is 29.2 Å². The number of hydrogen-bond acceptors (Lipinski definition) is 5. The number of furan rings is 1. The van der Waals surface area contributed by atoms with E-state index in [4.69, 9.17) is 4.42 Å². The van der Waals surface area contributed by atoms with Crippen LogP contribution in [-0.2, 0) is 11.3 Å². The molecule has 1 saturated heterocycles. The molecule has 1 aliphatic heterocycles. The zero-order chi connectivity index (χ0) is 19.1. The van der Waals surface area contributed by atoms with Crippen molar-refractivity contribution in [3.63, 3.8) is 0 Å². The van der Waals surface area contributed by atoms with Gasteiger partial charge in [0.1, 0.15) is 17.6 Å². The smallest absolute Gasteiger partial charge is 0.297 e. The molecular formula is C21H24N4O3. The van der Waals surface area contributed by atoms with Crippen LogP contribution in [0.15, 0.2) is 39.8 Å². The maximum absolute atomic E-state index is 12.8. The van der Waals surface area contributed by atoms with E-state index in [1.165, 1.54) is 36.6 Å². The van der Waals surface area contributed by atoms with E-state index in [9.17, 15) is 9.59 Å². The zero-order valence-corrected chi connectivity index (χ0v) is 15.8. The highest BCUT2D eigenvalue weighted by atomic mass is 16.3. The topological polar surface area (TPSA) is 71.6 Å². The largest absolute Gasteiger partial charge is 0.448 e. The Morgan fingerprint density at radius 2 is 1.86 bits per heavy atom. The lowest BCUT2D eigenvalue weighted by molar-refractivity contribution is -0.134. The summed E-state index contributed by atoms with van der Waals surface area (Å²) in [5.41, 5.74) is 1.09. The number of fused-ring (bicyclic) bond motifs is 3. The van der Waals surface area contributed by atoms with Crippen molar-refractivity contribution in [2.24, 2.45) is 0 Å². The second kappa shape index (κ2) is 7.05. The molecule has 0 N–H and O–H groups in total. The molecule has 3 heterocycles. The van der Waals surface area contributed by atoms with E-state index in [0.29, 0.717) is 17.1 Å². The van der Waals surface area contributed by atoms with E-state index in [1.54, 1.807) is 0 Å². The Balaban J connectivity index is 1.31. The Morgan fingerprint density at radius 1 is 1.11 bits per heavy atom. The van der Waals surface area contributed by atoms with Crippen LogP contribution < -0.4 is 5.56 Å². The summed E-state index contributed by atoms with van der Waals surface area (Å²) in [6.07, 6.45) is 6.67. The Morgan fingerprint density at radius 3 is 2.64 bits per heavy atom. The van der Waals surface area contributed by atoms with Crippen molar-refractivity contribution < 1.29 is 9.21 Å². The normalized spacial score (nSPS) is 19.1. The molecule has 146 valence electrons. The molecule has 1 aromatic carbocycles. The fourth-order valence-electron chi connectivity index (χ4n) is 4.58. The van der Waals surface area contributed by atoms with Gasteiger partial charge in [-0.25, -0.2) is 4.98 Å². The van der Waals surface area contributed by atoms with E-state index in [-0.39, 0.29) is 23.6 Å². The van der Waals surface area contributed by atoms with Crippen molar-refractivity contribution >= 4 is 28.0 Å². The summed E-state index contributed by atoms with van der Waals surface area (Å²) < 4.78 is 7.05. The quantitative estimate of drug-likeness (QED) is 0.697. The molecule has 1 amide bonds. The Bertz CT molecular complexity index is 1070. The molecule has 0 bridgehead atoms. The first-order valence-corrected chi connectivity index (χ1v) is 10.1. The second-order valence-corrected chi connectivity index (χ2v) is 7.81.